The highest BCUT2D eigenvalue weighted by Gasteiger charge is 2.89. The van der Waals surface area contributed by atoms with Crippen molar-refractivity contribution < 1.29 is 38.1 Å². The number of cyclic esters (lactones) is 2. The van der Waals surface area contributed by atoms with Gasteiger partial charge in [-0.1, -0.05) is 0 Å². The Morgan fingerprint density at radius 1 is 1.06 bits per heavy atom. The van der Waals surface area contributed by atoms with Crippen LogP contribution in [0.25, 0.3) is 0 Å². The Balaban J connectivity index is 1.23. The van der Waals surface area contributed by atoms with E-state index in [0.717, 1.165) is 5.56 Å². The minimum atomic E-state index is -1.46. The number of hydrogen-bond acceptors (Lipinski definition) is 8. The Kier molecular flexibility index (Phi) is 3.41. The lowest BCUT2D eigenvalue weighted by Gasteiger charge is -2.39. The van der Waals surface area contributed by atoms with Gasteiger partial charge in [0.2, 0.25) is 0 Å². The molecule has 0 bridgehead atoms. The van der Waals surface area contributed by atoms with Crippen LogP contribution in [0.15, 0.2) is 35.2 Å². The summed E-state index contributed by atoms with van der Waals surface area (Å²) in [7, 11) is 0. The molecule has 1 N–H and O–H groups in total. The monoisotopic (exact) mass is 456 g/mol. The average Bonchev–Trinajstić information content (AvgIpc) is 3.22. The number of carbonyl (C=O) groups is 2. The van der Waals surface area contributed by atoms with E-state index in [0.29, 0.717) is 32.1 Å². The van der Waals surface area contributed by atoms with Gasteiger partial charge in [0.1, 0.15) is 11.7 Å². The van der Waals surface area contributed by atoms with Crippen molar-refractivity contribution in [1.29, 1.82) is 0 Å². The fourth-order valence-electron chi connectivity index (χ4n) is 8.27. The second kappa shape index (κ2) is 5.56. The van der Waals surface area contributed by atoms with Crippen LogP contribution in [0, 0.1) is 22.7 Å². The van der Waals surface area contributed by atoms with Crippen LogP contribution in [0.4, 0.5) is 0 Å². The minimum Gasteiger partial charge on any atom is -0.472 e. The molecule has 5 heterocycles. The topological polar surface area (TPSA) is 104 Å². The largest absolute Gasteiger partial charge is 0.472 e. The molecule has 0 unspecified atom stereocenters. The van der Waals surface area contributed by atoms with E-state index in [4.69, 9.17) is 23.4 Å². The minimum absolute atomic E-state index is 0.174. The maximum atomic E-state index is 13.3. The van der Waals surface area contributed by atoms with Gasteiger partial charge in [-0.15, -0.1) is 0 Å². The van der Waals surface area contributed by atoms with E-state index in [1.165, 1.54) is 6.08 Å². The van der Waals surface area contributed by atoms with Crippen molar-refractivity contribution >= 4 is 11.9 Å². The van der Waals surface area contributed by atoms with Gasteiger partial charge in [-0.25, -0.2) is 4.79 Å². The molecule has 8 atom stereocenters. The van der Waals surface area contributed by atoms with Gasteiger partial charge < -0.3 is 28.5 Å². The van der Waals surface area contributed by atoms with E-state index >= 15 is 0 Å². The summed E-state index contributed by atoms with van der Waals surface area (Å²) in [6.07, 6.45) is 8.67. The second-order valence-electron chi connectivity index (χ2n) is 11.7. The molecule has 1 aromatic heterocycles. The van der Waals surface area contributed by atoms with Crippen LogP contribution in [0.2, 0.25) is 0 Å². The Morgan fingerprint density at radius 2 is 1.85 bits per heavy atom. The first-order valence-corrected chi connectivity index (χ1v) is 11.8. The molecule has 5 fully saturated rings. The van der Waals surface area contributed by atoms with Crippen LogP contribution in [0.5, 0.6) is 0 Å². The summed E-state index contributed by atoms with van der Waals surface area (Å²) in [5.41, 5.74) is -1.74. The predicted molar refractivity (Wildman–Crippen MR) is 110 cm³/mol. The molecular weight excluding hydrogens is 428 g/mol. The average molecular weight is 456 g/mol. The standard InChI is InChI=1S/C25H28O8/c1-20(2)15(21(3)6-4-17(26)31-21)10-23(32-20)11-16-24-13-22(24,7-8-25(16,28)33-23)18(30-19(24)27)14-5-9-29-12-14/h4-6,9,12,15-16,18,28H,7-8,10-11,13H2,1-3H3/t15-,16-,18+,21-,22+,23+,24+,25-/m0/s1. The van der Waals surface area contributed by atoms with Crippen LogP contribution in [-0.4, -0.2) is 39.8 Å². The van der Waals surface area contributed by atoms with Crippen molar-refractivity contribution in [3.05, 3.63) is 36.3 Å². The zero-order chi connectivity index (χ0) is 23.1. The van der Waals surface area contributed by atoms with Gasteiger partial charge in [0.25, 0.3) is 0 Å². The lowest BCUT2D eigenvalue weighted by Crippen LogP contribution is -2.47. The van der Waals surface area contributed by atoms with Gasteiger partial charge in [0, 0.05) is 48.2 Å². The van der Waals surface area contributed by atoms with Crippen LogP contribution in [0.3, 0.4) is 0 Å². The first-order chi connectivity index (χ1) is 15.5. The summed E-state index contributed by atoms with van der Waals surface area (Å²) >= 11 is 0. The van der Waals surface area contributed by atoms with Crippen molar-refractivity contribution in [3.63, 3.8) is 0 Å². The molecule has 0 aromatic carbocycles. The molecule has 1 spiro atoms. The summed E-state index contributed by atoms with van der Waals surface area (Å²) in [4.78, 5) is 25.2. The number of aliphatic hydroxyl groups is 1. The number of furan rings is 1. The first kappa shape index (κ1) is 20.2. The quantitative estimate of drug-likeness (QED) is 0.677. The summed E-state index contributed by atoms with van der Waals surface area (Å²) in [6.45, 7) is 5.81. The number of hydrogen-bond donors (Lipinski definition) is 1. The van der Waals surface area contributed by atoms with Crippen molar-refractivity contribution in [2.45, 2.75) is 81.8 Å². The molecular formula is C25H28O8. The van der Waals surface area contributed by atoms with Gasteiger partial charge in [0.05, 0.1) is 23.5 Å². The maximum Gasteiger partial charge on any atom is 0.331 e. The number of fused-ring (bicyclic) bond motifs is 1. The van der Waals surface area contributed by atoms with Crippen LogP contribution < -0.4 is 0 Å². The van der Waals surface area contributed by atoms with Crippen LogP contribution >= 0.6 is 0 Å². The highest BCUT2D eigenvalue weighted by molar-refractivity contribution is 5.87. The maximum absolute atomic E-state index is 13.3. The third-order valence-electron chi connectivity index (χ3n) is 9.61. The van der Waals surface area contributed by atoms with E-state index < -0.39 is 34.1 Å². The van der Waals surface area contributed by atoms with E-state index in [1.807, 2.05) is 26.8 Å². The number of ether oxygens (including phenoxy) is 4. The SMILES string of the molecule is CC1(C)O[C@@]2(C[C@@H]1[C@]1(C)C=CC(=O)O1)C[C@H]1[C@@]34C[C@]3(CC[C@]1(O)O2)[C@@H](c1ccoc1)OC4=O. The first-order valence-electron chi connectivity index (χ1n) is 11.8. The molecule has 8 nitrogen and oxygen atoms in total. The van der Waals surface area contributed by atoms with E-state index in [1.54, 1.807) is 18.6 Å². The highest BCUT2D eigenvalue weighted by Crippen LogP contribution is 2.85. The molecule has 7 rings (SSSR count). The molecule has 33 heavy (non-hydrogen) atoms. The van der Waals surface area contributed by atoms with Crippen LogP contribution in [0.1, 0.15) is 64.5 Å². The lowest BCUT2D eigenvalue weighted by molar-refractivity contribution is -0.322. The zero-order valence-corrected chi connectivity index (χ0v) is 19.0. The molecule has 176 valence electrons. The summed E-state index contributed by atoms with van der Waals surface area (Å²) in [6, 6.07) is 1.85. The van der Waals surface area contributed by atoms with E-state index in [2.05, 4.69) is 0 Å². The van der Waals surface area contributed by atoms with Crippen molar-refractivity contribution in [1.82, 2.24) is 0 Å². The van der Waals surface area contributed by atoms with Gasteiger partial charge in [0.15, 0.2) is 11.6 Å². The second-order valence-corrected chi connectivity index (χ2v) is 11.7. The summed E-state index contributed by atoms with van der Waals surface area (Å²) in [5.74, 6) is -3.74. The molecule has 2 aliphatic carbocycles. The van der Waals surface area contributed by atoms with E-state index in [-0.39, 0.29) is 29.4 Å². The smallest absolute Gasteiger partial charge is 0.331 e. The fourth-order valence-corrected chi connectivity index (χ4v) is 8.27. The molecule has 4 aliphatic heterocycles. The van der Waals surface area contributed by atoms with Crippen molar-refractivity contribution in [2.75, 3.05) is 0 Å². The van der Waals surface area contributed by atoms with Crippen molar-refractivity contribution in [3.8, 4) is 0 Å². The molecule has 0 amide bonds. The molecule has 2 saturated carbocycles. The van der Waals surface area contributed by atoms with E-state index in [9.17, 15) is 14.7 Å². The fraction of sp³-hybridized carbons (Fsp3) is 0.680. The van der Waals surface area contributed by atoms with Gasteiger partial charge in [-0.2, -0.15) is 0 Å². The van der Waals surface area contributed by atoms with Crippen molar-refractivity contribution in [2.24, 2.45) is 22.7 Å². The molecule has 6 aliphatic rings. The summed E-state index contributed by atoms with van der Waals surface area (Å²) < 4.78 is 29.8. The lowest BCUT2D eigenvalue weighted by atomic mass is 9.66. The normalized spacial score (nSPS) is 53.0. The summed E-state index contributed by atoms with van der Waals surface area (Å²) in [5, 5.41) is 11.7. The number of carbonyl (C=O) groups excluding carboxylic acids is 2. The molecule has 1 aromatic rings. The predicted octanol–water partition coefficient (Wildman–Crippen LogP) is 3.16. The highest BCUT2D eigenvalue weighted by atomic mass is 16.8. The van der Waals surface area contributed by atoms with Gasteiger partial charge >= 0.3 is 11.9 Å². The number of esters is 2. The third kappa shape index (κ3) is 2.23. The molecule has 0 radical (unpaired) electrons. The Bertz CT molecular complexity index is 1110. The zero-order valence-electron chi connectivity index (χ0n) is 19.0. The molecule has 3 saturated heterocycles. The van der Waals surface area contributed by atoms with Gasteiger partial charge in [-0.05, 0) is 45.8 Å². The Morgan fingerprint density at radius 3 is 2.55 bits per heavy atom. The van der Waals surface area contributed by atoms with Gasteiger partial charge in [-0.3, -0.25) is 4.79 Å². The Hall–Kier alpha value is -2.16. The third-order valence-corrected chi connectivity index (χ3v) is 9.61. The van der Waals surface area contributed by atoms with Crippen LogP contribution in [-0.2, 0) is 28.5 Å². The number of rotatable bonds is 2. The Labute approximate surface area is 191 Å². The molecule has 8 heteroatoms.